The van der Waals surface area contributed by atoms with Crippen molar-refractivity contribution in [2.75, 3.05) is 0 Å². The van der Waals surface area contributed by atoms with Crippen molar-refractivity contribution >= 4 is 23.1 Å². The van der Waals surface area contributed by atoms with Crippen molar-refractivity contribution in [3.05, 3.63) is 40.3 Å². The van der Waals surface area contributed by atoms with Gasteiger partial charge in [0.05, 0.1) is 0 Å². The fraction of sp³-hybridized carbons (Fsp3) is 0.100. The fourth-order valence-electron chi connectivity index (χ4n) is 1.41. The summed E-state index contributed by atoms with van der Waals surface area (Å²) < 4.78 is 13.5. The van der Waals surface area contributed by atoms with Crippen LogP contribution in [-0.2, 0) is 0 Å². The molecule has 1 aromatic carbocycles. The Kier molecular flexibility index (Phi) is 1.88. The Morgan fingerprint density at radius 1 is 1.31 bits per heavy atom. The minimum Gasteiger partial charge on any atom is -0.346 e. The Labute approximate surface area is 80.2 Å². The molecule has 0 radical (unpaired) electrons. The number of H-pyrrole nitrogens is 1. The first kappa shape index (κ1) is 8.38. The number of rotatable bonds is 0. The molecule has 0 aliphatic rings. The minimum atomic E-state index is -0.247. The third-order valence-electron chi connectivity index (χ3n) is 2.01. The van der Waals surface area contributed by atoms with Crippen LogP contribution in [0.5, 0.6) is 0 Å². The molecular formula is C10H8FNS. The second-order valence-electron chi connectivity index (χ2n) is 3.01. The maximum Gasteiger partial charge on any atom is 0.125 e. The lowest BCUT2D eigenvalue weighted by Crippen LogP contribution is -1.85. The first-order valence-electron chi connectivity index (χ1n) is 3.96. The van der Waals surface area contributed by atoms with E-state index in [4.69, 9.17) is 12.2 Å². The van der Waals surface area contributed by atoms with Gasteiger partial charge in [-0.05, 0) is 36.8 Å². The van der Waals surface area contributed by atoms with E-state index >= 15 is 0 Å². The number of nitrogens with one attached hydrogen (secondary N) is 1. The number of aromatic nitrogens is 1. The van der Waals surface area contributed by atoms with Crippen LogP contribution in [0.15, 0.2) is 24.3 Å². The maximum absolute atomic E-state index is 12.8. The van der Waals surface area contributed by atoms with E-state index in [1.165, 1.54) is 12.1 Å². The smallest absolute Gasteiger partial charge is 0.125 e. The SMILES string of the molecule is Cc1cc(=S)[nH]c2cc(F)ccc12. The monoisotopic (exact) mass is 193 g/mol. The van der Waals surface area contributed by atoms with Crippen LogP contribution in [0.3, 0.4) is 0 Å². The van der Waals surface area contributed by atoms with E-state index in [-0.39, 0.29) is 5.82 Å². The van der Waals surface area contributed by atoms with E-state index in [1.54, 1.807) is 6.07 Å². The van der Waals surface area contributed by atoms with Gasteiger partial charge in [-0.2, -0.15) is 0 Å². The summed E-state index contributed by atoms with van der Waals surface area (Å²) in [6.07, 6.45) is 0. The lowest BCUT2D eigenvalue weighted by molar-refractivity contribution is 0.629. The zero-order valence-electron chi connectivity index (χ0n) is 7.10. The third-order valence-corrected chi connectivity index (χ3v) is 2.23. The fourth-order valence-corrected chi connectivity index (χ4v) is 1.69. The molecule has 2 aromatic rings. The summed E-state index contributed by atoms with van der Waals surface area (Å²) in [6.45, 7) is 1.96. The minimum absolute atomic E-state index is 0.247. The molecule has 0 saturated heterocycles. The van der Waals surface area contributed by atoms with E-state index in [9.17, 15) is 4.39 Å². The van der Waals surface area contributed by atoms with Gasteiger partial charge >= 0.3 is 0 Å². The highest BCUT2D eigenvalue weighted by atomic mass is 32.1. The Morgan fingerprint density at radius 2 is 2.08 bits per heavy atom. The molecule has 66 valence electrons. The summed E-state index contributed by atoms with van der Waals surface area (Å²) in [6, 6.07) is 6.53. The molecular weight excluding hydrogens is 185 g/mol. The highest BCUT2D eigenvalue weighted by Crippen LogP contribution is 2.17. The topological polar surface area (TPSA) is 15.8 Å². The van der Waals surface area contributed by atoms with Crippen LogP contribution in [-0.4, -0.2) is 4.98 Å². The predicted molar refractivity (Wildman–Crippen MR) is 53.8 cm³/mol. The number of benzene rings is 1. The molecule has 0 spiro atoms. The van der Waals surface area contributed by atoms with Gasteiger partial charge in [-0.3, -0.25) is 0 Å². The van der Waals surface area contributed by atoms with Crippen LogP contribution in [0.1, 0.15) is 5.56 Å². The lowest BCUT2D eigenvalue weighted by atomic mass is 10.1. The molecule has 2 rings (SSSR count). The summed E-state index contributed by atoms with van der Waals surface area (Å²) in [4.78, 5) is 2.95. The normalized spacial score (nSPS) is 10.6. The molecule has 0 bridgehead atoms. The van der Waals surface area contributed by atoms with E-state index < -0.39 is 0 Å². The summed E-state index contributed by atoms with van der Waals surface area (Å²) in [5.74, 6) is -0.247. The van der Waals surface area contributed by atoms with Crippen LogP contribution in [0.25, 0.3) is 10.9 Å². The molecule has 1 nitrogen and oxygen atoms in total. The van der Waals surface area contributed by atoms with E-state index in [0.717, 1.165) is 16.5 Å². The molecule has 0 saturated carbocycles. The largest absolute Gasteiger partial charge is 0.346 e. The molecule has 0 amide bonds. The molecule has 3 heteroatoms. The van der Waals surface area contributed by atoms with Gasteiger partial charge in [0, 0.05) is 10.9 Å². The van der Waals surface area contributed by atoms with E-state index in [0.29, 0.717) is 4.64 Å². The summed E-state index contributed by atoms with van der Waals surface area (Å²) in [5.41, 5.74) is 1.82. The van der Waals surface area contributed by atoms with Crippen molar-refractivity contribution in [1.82, 2.24) is 4.98 Å². The number of aromatic amines is 1. The summed E-state index contributed by atoms with van der Waals surface area (Å²) >= 11 is 4.99. The molecule has 0 atom stereocenters. The van der Waals surface area contributed by atoms with Gasteiger partial charge in [0.2, 0.25) is 0 Å². The zero-order valence-corrected chi connectivity index (χ0v) is 7.91. The zero-order chi connectivity index (χ0) is 9.42. The molecule has 1 N–H and O–H groups in total. The average molecular weight is 193 g/mol. The molecule has 1 aromatic heterocycles. The van der Waals surface area contributed by atoms with Crippen molar-refractivity contribution < 1.29 is 4.39 Å². The van der Waals surface area contributed by atoms with Crippen LogP contribution in [0.4, 0.5) is 4.39 Å². The van der Waals surface area contributed by atoms with E-state index in [1.807, 2.05) is 13.0 Å². The number of fused-ring (bicyclic) bond motifs is 1. The van der Waals surface area contributed by atoms with Gasteiger partial charge in [0.25, 0.3) is 0 Å². The highest BCUT2D eigenvalue weighted by molar-refractivity contribution is 7.71. The van der Waals surface area contributed by atoms with Gasteiger partial charge in [0.1, 0.15) is 10.5 Å². The molecule has 13 heavy (non-hydrogen) atoms. The van der Waals surface area contributed by atoms with Crippen molar-refractivity contribution in [3.8, 4) is 0 Å². The summed E-state index contributed by atoms with van der Waals surface area (Å²) in [5, 5.41) is 1.01. The Morgan fingerprint density at radius 3 is 2.85 bits per heavy atom. The molecule has 0 unspecified atom stereocenters. The van der Waals surface area contributed by atoms with E-state index in [2.05, 4.69) is 4.98 Å². The second kappa shape index (κ2) is 2.92. The standard InChI is InChI=1S/C10H8FNS/c1-6-4-10(13)12-9-5-7(11)2-3-8(6)9/h2-5H,1H3,(H,12,13). The van der Waals surface area contributed by atoms with Crippen LogP contribution in [0, 0.1) is 17.4 Å². The lowest BCUT2D eigenvalue weighted by Gasteiger charge is -2.01. The molecule has 0 aliphatic heterocycles. The van der Waals surface area contributed by atoms with Gasteiger partial charge in [-0.25, -0.2) is 4.39 Å². The quantitative estimate of drug-likeness (QED) is 0.634. The number of halogens is 1. The van der Waals surface area contributed by atoms with Crippen molar-refractivity contribution in [2.45, 2.75) is 6.92 Å². The molecule has 0 fully saturated rings. The number of hydrogen-bond acceptors (Lipinski definition) is 1. The van der Waals surface area contributed by atoms with Gasteiger partial charge < -0.3 is 4.98 Å². The number of hydrogen-bond donors (Lipinski definition) is 1. The third kappa shape index (κ3) is 1.47. The molecule has 1 heterocycles. The predicted octanol–water partition coefficient (Wildman–Crippen LogP) is 3.34. The van der Waals surface area contributed by atoms with Crippen molar-refractivity contribution in [3.63, 3.8) is 0 Å². The maximum atomic E-state index is 12.8. The average Bonchev–Trinajstić information content (AvgIpc) is 2.02. The first-order chi connectivity index (χ1) is 6.16. The Bertz CT molecular complexity index is 516. The summed E-state index contributed by atoms with van der Waals surface area (Å²) in [7, 11) is 0. The van der Waals surface area contributed by atoms with Crippen LogP contribution in [0.2, 0.25) is 0 Å². The van der Waals surface area contributed by atoms with Crippen LogP contribution < -0.4 is 0 Å². The van der Waals surface area contributed by atoms with Gasteiger partial charge in [-0.15, -0.1) is 0 Å². The van der Waals surface area contributed by atoms with Gasteiger partial charge in [-0.1, -0.05) is 12.2 Å². The van der Waals surface area contributed by atoms with Crippen LogP contribution >= 0.6 is 12.2 Å². The van der Waals surface area contributed by atoms with Crippen molar-refractivity contribution in [1.29, 1.82) is 0 Å². The van der Waals surface area contributed by atoms with Gasteiger partial charge in [0.15, 0.2) is 0 Å². The second-order valence-corrected chi connectivity index (χ2v) is 3.45. The first-order valence-corrected chi connectivity index (χ1v) is 4.37. The van der Waals surface area contributed by atoms with Crippen molar-refractivity contribution in [2.24, 2.45) is 0 Å². The Hall–Kier alpha value is -1.22. The number of aryl methyl sites for hydroxylation is 1. The Balaban J connectivity index is 2.94. The highest BCUT2D eigenvalue weighted by Gasteiger charge is 1.98. The number of pyridine rings is 1. The molecule has 0 aliphatic carbocycles.